The van der Waals surface area contributed by atoms with Gasteiger partial charge in [-0.1, -0.05) is 0 Å². The number of nitrogens with zero attached hydrogens (tertiary/aromatic N) is 4. The summed E-state index contributed by atoms with van der Waals surface area (Å²) in [5.41, 5.74) is 2.04. The minimum absolute atomic E-state index is 0.0213. The van der Waals surface area contributed by atoms with Crippen LogP contribution in [-0.4, -0.2) is 58.0 Å². The van der Waals surface area contributed by atoms with Crippen LogP contribution in [0.2, 0.25) is 0 Å². The van der Waals surface area contributed by atoms with Crippen molar-refractivity contribution in [3.63, 3.8) is 0 Å². The average molecular weight is 449 g/mol. The van der Waals surface area contributed by atoms with Gasteiger partial charge in [-0.25, -0.2) is 0 Å². The molecule has 33 heavy (non-hydrogen) atoms. The first-order chi connectivity index (χ1) is 16.1. The van der Waals surface area contributed by atoms with Crippen molar-refractivity contribution in [2.24, 2.45) is 7.05 Å². The molecular formula is C25H28N4O4. The summed E-state index contributed by atoms with van der Waals surface area (Å²) < 4.78 is 18.7. The standard InChI is InChI=1S/C25H28N4O4/c1-28-23(15-22(27-28)21-14-19(31-2)6-7-24(21)32-3)25(30)29-16-4-5-17(29)13-20(12-16)33-18-8-10-26-11-9-18/h6-11,14-17,20H,4-5,12-13H2,1-3H3. The molecule has 8 nitrogen and oxygen atoms in total. The van der Waals surface area contributed by atoms with Gasteiger partial charge in [-0.2, -0.15) is 5.10 Å². The monoisotopic (exact) mass is 448 g/mol. The topological polar surface area (TPSA) is 78.7 Å². The van der Waals surface area contributed by atoms with E-state index in [4.69, 9.17) is 14.2 Å². The highest BCUT2D eigenvalue weighted by atomic mass is 16.5. The number of carbonyl (C=O) groups is 1. The lowest BCUT2D eigenvalue weighted by atomic mass is 9.99. The summed E-state index contributed by atoms with van der Waals surface area (Å²) in [6.45, 7) is 0. The average Bonchev–Trinajstić information content (AvgIpc) is 3.35. The molecule has 2 saturated heterocycles. The van der Waals surface area contributed by atoms with Crippen molar-refractivity contribution in [2.45, 2.75) is 43.9 Å². The Morgan fingerprint density at radius 2 is 1.70 bits per heavy atom. The van der Waals surface area contributed by atoms with Gasteiger partial charge in [0.05, 0.1) is 19.9 Å². The Morgan fingerprint density at radius 3 is 2.36 bits per heavy atom. The second-order valence-electron chi connectivity index (χ2n) is 8.60. The van der Waals surface area contributed by atoms with Crippen molar-refractivity contribution in [1.29, 1.82) is 0 Å². The fourth-order valence-corrected chi connectivity index (χ4v) is 5.11. The molecule has 8 heteroatoms. The number of ether oxygens (including phenoxy) is 3. The van der Waals surface area contributed by atoms with Crippen LogP contribution in [0.1, 0.15) is 36.2 Å². The smallest absolute Gasteiger partial charge is 0.272 e. The van der Waals surface area contributed by atoms with Gasteiger partial charge in [-0.05, 0) is 49.2 Å². The molecule has 5 rings (SSSR count). The zero-order chi connectivity index (χ0) is 22.9. The highest BCUT2D eigenvalue weighted by Crippen LogP contribution is 2.39. The largest absolute Gasteiger partial charge is 0.497 e. The van der Waals surface area contributed by atoms with Gasteiger partial charge in [0.2, 0.25) is 0 Å². The van der Waals surface area contributed by atoms with E-state index in [1.165, 1.54) is 0 Å². The second-order valence-corrected chi connectivity index (χ2v) is 8.60. The molecule has 4 heterocycles. The molecule has 0 N–H and O–H groups in total. The molecule has 2 aliphatic heterocycles. The van der Waals surface area contributed by atoms with Crippen LogP contribution < -0.4 is 14.2 Å². The molecule has 2 unspecified atom stereocenters. The van der Waals surface area contributed by atoms with Crippen LogP contribution in [0.4, 0.5) is 0 Å². The third-order valence-corrected chi connectivity index (χ3v) is 6.66. The molecule has 0 radical (unpaired) electrons. The number of benzene rings is 1. The molecule has 1 amide bonds. The lowest BCUT2D eigenvalue weighted by Gasteiger charge is -2.38. The van der Waals surface area contributed by atoms with E-state index in [1.54, 1.807) is 31.3 Å². The quantitative estimate of drug-likeness (QED) is 0.572. The summed E-state index contributed by atoms with van der Waals surface area (Å²) in [5, 5.41) is 4.63. The van der Waals surface area contributed by atoms with Crippen LogP contribution in [0.5, 0.6) is 17.2 Å². The maximum Gasteiger partial charge on any atom is 0.272 e. The Bertz CT molecular complexity index is 1130. The van der Waals surface area contributed by atoms with Crippen LogP contribution in [0, 0.1) is 0 Å². The summed E-state index contributed by atoms with van der Waals surface area (Å²) in [4.78, 5) is 19.7. The molecule has 2 bridgehead atoms. The van der Waals surface area contributed by atoms with Gasteiger partial charge in [-0.3, -0.25) is 14.5 Å². The van der Waals surface area contributed by atoms with Crippen molar-refractivity contribution in [1.82, 2.24) is 19.7 Å². The maximum atomic E-state index is 13.6. The van der Waals surface area contributed by atoms with Gasteiger partial charge in [0.25, 0.3) is 5.91 Å². The van der Waals surface area contributed by atoms with Crippen LogP contribution in [0.15, 0.2) is 48.8 Å². The number of aromatic nitrogens is 3. The molecule has 2 aromatic heterocycles. The van der Waals surface area contributed by atoms with Gasteiger partial charge >= 0.3 is 0 Å². The van der Waals surface area contributed by atoms with E-state index in [0.717, 1.165) is 37.0 Å². The van der Waals surface area contributed by atoms with Crippen molar-refractivity contribution in [3.05, 3.63) is 54.5 Å². The first-order valence-corrected chi connectivity index (χ1v) is 11.2. The third-order valence-electron chi connectivity index (χ3n) is 6.66. The predicted octanol–water partition coefficient (Wildman–Crippen LogP) is 3.71. The maximum absolute atomic E-state index is 13.6. The highest BCUT2D eigenvalue weighted by Gasteiger charge is 2.45. The number of piperidine rings is 1. The Morgan fingerprint density at radius 1 is 0.970 bits per heavy atom. The van der Waals surface area contributed by atoms with E-state index in [9.17, 15) is 4.79 Å². The van der Waals surface area contributed by atoms with Crippen molar-refractivity contribution < 1.29 is 19.0 Å². The van der Waals surface area contributed by atoms with Crippen molar-refractivity contribution in [3.8, 4) is 28.5 Å². The van der Waals surface area contributed by atoms with Crippen LogP contribution in [0.3, 0.4) is 0 Å². The molecule has 1 aromatic carbocycles. The normalized spacial score (nSPS) is 21.7. The Hall–Kier alpha value is -3.55. The summed E-state index contributed by atoms with van der Waals surface area (Å²) in [5.74, 6) is 2.24. The molecule has 0 saturated carbocycles. The molecule has 172 valence electrons. The van der Waals surface area contributed by atoms with Gasteiger partial charge in [0.15, 0.2) is 0 Å². The summed E-state index contributed by atoms with van der Waals surface area (Å²) >= 11 is 0. The molecule has 0 aliphatic carbocycles. The Balaban J connectivity index is 1.36. The number of rotatable bonds is 6. The Labute approximate surface area is 193 Å². The zero-order valence-corrected chi connectivity index (χ0v) is 19.1. The first-order valence-electron chi connectivity index (χ1n) is 11.2. The molecule has 0 spiro atoms. The fourth-order valence-electron chi connectivity index (χ4n) is 5.11. The fraction of sp³-hybridized carbons (Fsp3) is 0.400. The highest BCUT2D eigenvalue weighted by molar-refractivity contribution is 5.94. The third kappa shape index (κ3) is 4.01. The van der Waals surface area contributed by atoms with Gasteiger partial charge in [0, 0.05) is 49.9 Å². The lowest BCUT2D eigenvalue weighted by Crippen LogP contribution is -2.49. The van der Waals surface area contributed by atoms with Crippen molar-refractivity contribution >= 4 is 5.91 Å². The van der Waals surface area contributed by atoms with Crippen LogP contribution in [0.25, 0.3) is 11.3 Å². The molecular weight excluding hydrogens is 420 g/mol. The minimum Gasteiger partial charge on any atom is -0.497 e. The van der Waals surface area contributed by atoms with Gasteiger partial charge < -0.3 is 19.1 Å². The second kappa shape index (κ2) is 8.77. The molecule has 3 aromatic rings. The lowest BCUT2D eigenvalue weighted by molar-refractivity contribution is 0.0350. The van der Waals surface area contributed by atoms with Gasteiger partial charge in [0.1, 0.15) is 29.0 Å². The molecule has 2 fully saturated rings. The number of amides is 1. The van der Waals surface area contributed by atoms with Crippen molar-refractivity contribution in [2.75, 3.05) is 14.2 Å². The number of methoxy groups -OCH3 is 2. The predicted molar refractivity (Wildman–Crippen MR) is 123 cm³/mol. The number of fused-ring (bicyclic) bond motifs is 2. The molecule has 2 aliphatic rings. The van der Waals surface area contributed by atoms with E-state index in [0.29, 0.717) is 22.9 Å². The van der Waals surface area contributed by atoms with E-state index in [2.05, 4.69) is 15.0 Å². The van der Waals surface area contributed by atoms with E-state index < -0.39 is 0 Å². The number of hydrogen-bond donors (Lipinski definition) is 0. The number of hydrogen-bond acceptors (Lipinski definition) is 6. The van der Waals surface area contributed by atoms with Gasteiger partial charge in [-0.15, -0.1) is 0 Å². The SMILES string of the molecule is COc1ccc(OC)c(-c2cc(C(=O)N3C4CCC3CC(Oc3ccncc3)C4)n(C)n2)c1. The zero-order valence-electron chi connectivity index (χ0n) is 19.1. The Kier molecular flexibility index (Phi) is 5.66. The van der Waals surface area contributed by atoms with Crippen LogP contribution in [-0.2, 0) is 7.05 Å². The summed E-state index contributed by atoms with van der Waals surface area (Å²) in [6, 6.07) is 11.5. The first kappa shape index (κ1) is 21.3. The summed E-state index contributed by atoms with van der Waals surface area (Å²) in [6.07, 6.45) is 7.25. The van der Waals surface area contributed by atoms with E-state index in [1.807, 2.05) is 43.4 Å². The van der Waals surface area contributed by atoms with E-state index in [-0.39, 0.29) is 24.1 Å². The van der Waals surface area contributed by atoms with Crippen LogP contribution >= 0.6 is 0 Å². The van der Waals surface area contributed by atoms with E-state index >= 15 is 0 Å². The number of carbonyl (C=O) groups excluding carboxylic acids is 1. The minimum atomic E-state index is 0.0213. The molecule has 2 atom stereocenters. The number of pyridine rings is 1. The summed E-state index contributed by atoms with van der Waals surface area (Å²) in [7, 11) is 5.05. The number of aryl methyl sites for hydroxylation is 1.